The molecule has 0 bridgehead atoms. The molecule has 0 radical (unpaired) electrons. The molecule has 1 aromatic rings. The third kappa shape index (κ3) is 6.81. The number of hydrogen-bond acceptors (Lipinski definition) is 5. The summed E-state index contributed by atoms with van der Waals surface area (Å²) in [5, 5.41) is 0. The molecule has 0 spiro atoms. The number of halogens is 3. The number of rotatable bonds is 5. The largest absolute Gasteiger partial charge is 0.441 e. The summed E-state index contributed by atoms with van der Waals surface area (Å²) in [6.45, 7) is -0.227. The Labute approximate surface area is 124 Å². The maximum atomic E-state index is 11.9. The van der Waals surface area contributed by atoms with Crippen LogP contribution < -0.4 is 10.5 Å². The molecule has 3 N–H and O–H groups in total. The molecule has 1 heterocycles. The van der Waals surface area contributed by atoms with Crippen LogP contribution in [0.2, 0.25) is 0 Å². The van der Waals surface area contributed by atoms with Gasteiger partial charge in [-0.05, 0) is 17.8 Å². The molecule has 0 aliphatic rings. The minimum atomic E-state index is -4.38. The van der Waals surface area contributed by atoms with Crippen molar-refractivity contribution in [3.8, 4) is 11.8 Å². The first-order valence-corrected chi connectivity index (χ1v) is 8.06. The smallest absolute Gasteiger partial charge is 0.320 e. The van der Waals surface area contributed by atoms with E-state index in [-0.39, 0.29) is 29.7 Å². The molecule has 0 aromatic carbocycles. The van der Waals surface area contributed by atoms with Crippen molar-refractivity contribution >= 4 is 21.8 Å². The molecule has 0 aliphatic carbocycles. The number of sulfonamides is 1. The zero-order valence-electron chi connectivity index (χ0n) is 10.6. The minimum Gasteiger partial charge on any atom is -0.320 e. The zero-order valence-corrected chi connectivity index (χ0v) is 12.3. The molecule has 5 nitrogen and oxygen atoms in total. The van der Waals surface area contributed by atoms with Crippen molar-refractivity contribution in [2.24, 2.45) is 5.73 Å². The van der Waals surface area contributed by atoms with Crippen molar-refractivity contribution < 1.29 is 21.6 Å². The van der Waals surface area contributed by atoms with Gasteiger partial charge in [0.25, 0.3) is 0 Å². The lowest BCUT2D eigenvalue weighted by molar-refractivity contribution is -0.0327. The molecular weight excluding hydrogens is 327 g/mol. The van der Waals surface area contributed by atoms with Crippen molar-refractivity contribution in [2.75, 3.05) is 18.8 Å². The van der Waals surface area contributed by atoms with E-state index in [1.807, 2.05) is 0 Å². The lowest BCUT2D eigenvalue weighted by atomic mass is 10.3. The molecule has 0 saturated carbocycles. The summed E-state index contributed by atoms with van der Waals surface area (Å²) in [5.74, 6) is 4.75. The Balaban J connectivity index is 2.70. The number of hydrogen-bond donors (Lipinski definition) is 2. The fraction of sp³-hybridized carbons (Fsp3) is 0.364. The minimum absolute atomic E-state index is 0.115. The van der Waals surface area contributed by atoms with E-state index < -0.39 is 21.3 Å². The van der Waals surface area contributed by atoms with Crippen LogP contribution in [0.15, 0.2) is 23.4 Å². The number of pyridine rings is 1. The average Bonchev–Trinajstić information content (AvgIpc) is 2.41. The topological polar surface area (TPSA) is 85.1 Å². The fourth-order valence-corrected chi connectivity index (χ4v) is 2.80. The molecule has 0 fully saturated rings. The molecule has 21 heavy (non-hydrogen) atoms. The first-order chi connectivity index (χ1) is 9.74. The van der Waals surface area contributed by atoms with Crippen LogP contribution in [0.5, 0.6) is 0 Å². The summed E-state index contributed by atoms with van der Waals surface area (Å²) in [5.41, 5.74) is 1.17. The van der Waals surface area contributed by atoms with Crippen molar-refractivity contribution in [3.63, 3.8) is 0 Å². The van der Waals surface area contributed by atoms with E-state index >= 15 is 0 Å². The van der Waals surface area contributed by atoms with Gasteiger partial charge >= 0.3 is 5.51 Å². The second-order valence-electron chi connectivity index (χ2n) is 3.61. The number of alkyl halides is 3. The van der Waals surface area contributed by atoms with Crippen molar-refractivity contribution in [3.05, 3.63) is 24.0 Å². The molecular formula is C11H12F3N3O2S2. The summed E-state index contributed by atoms with van der Waals surface area (Å²) in [6.07, 6.45) is 2.45. The SMILES string of the molecule is NCC#Cc1cncc(S(=O)(=O)NCCSC(F)(F)F)c1. The fourth-order valence-electron chi connectivity index (χ4n) is 1.21. The van der Waals surface area contributed by atoms with Crippen LogP contribution >= 0.6 is 11.8 Å². The van der Waals surface area contributed by atoms with Gasteiger partial charge in [-0.1, -0.05) is 11.8 Å². The Hall–Kier alpha value is -1.28. The highest BCUT2D eigenvalue weighted by molar-refractivity contribution is 8.00. The van der Waals surface area contributed by atoms with Gasteiger partial charge in [-0.15, -0.1) is 0 Å². The summed E-state index contributed by atoms with van der Waals surface area (Å²) >= 11 is -0.295. The normalized spacial score (nSPS) is 11.8. The van der Waals surface area contributed by atoms with Gasteiger partial charge in [-0.3, -0.25) is 4.98 Å². The average molecular weight is 339 g/mol. The highest BCUT2D eigenvalue weighted by Crippen LogP contribution is 2.29. The van der Waals surface area contributed by atoms with Crippen LogP contribution in [0.3, 0.4) is 0 Å². The quantitative estimate of drug-likeness (QED) is 0.616. The van der Waals surface area contributed by atoms with Gasteiger partial charge < -0.3 is 5.73 Å². The monoisotopic (exact) mass is 339 g/mol. The lowest BCUT2D eigenvalue weighted by Gasteiger charge is -2.08. The molecule has 0 saturated heterocycles. The molecule has 0 unspecified atom stereocenters. The second kappa shape index (κ2) is 7.65. The number of nitrogens with two attached hydrogens (primary N) is 1. The van der Waals surface area contributed by atoms with E-state index in [0.29, 0.717) is 5.56 Å². The Morgan fingerprint density at radius 1 is 1.38 bits per heavy atom. The molecule has 1 rings (SSSR count). The Morgan fingerprint density at radius 3 is 2.71 bits per heavy atom. The maximum absolute atomic E-state index is 11.9. The zero-order chi connectivity index (χ0) is 15.9. The van der Waals surface area contributed by atoms with Gasteiger partial charge in [0.05, 0.1) is 6.54 Å². The standard InChI is InChI=1S/C11H12F3N3O2S2/c12-11(13,14)20-5-4-17-21(18,19)10-6-9(2-1-3-15)7-16-8-10/h6-8,17H,3-5,15H2. The highest BCUT2D eigenvalue weighted by atomic mass is 32.2. The van der Waals surface area contributed by atoms with Gasteiger partial charge in [0.1, 0.15) is 4.90 Å². The Kier molecular flexibility index (Phi) is 6.47. The predicted molar refractivity (Wildman–Crippen MR) is 73.9 cm³/mol. The van der Waals surface area contributed by atoms with Gasteiger partial charge in [-0.25, -0.2) is 13.1 Å². The lowest BCUT2D eigenvalue weighted by Crippen LogP contribution is -2.27. The van der Waals surface area contributed by atoms with Crippen LogP contribution in [0.1, 0.15) is 5.56 Å². The second-order valence-corrected chi connectivity index (χ2v) is 6.53. The molecule has 0 amide bonds. The third-order valence-corrected chi connectivity index (χ3v) is 4.18. The number of nitrogens with one attached hydrogen (secondary N) is 1. The molecule has 0 aliphatic heterocycles. The van der Waals surface area contributed by atoms with Gasteiger partial charge in [0, 0.05) is 30.3 Å². The van der Waals surface area contributed by atoms with E-state index in [1.165, 1.54) is 12.3 Å². The predicted octanol–water partition coefficient (Wildman–Crippen LogP) is 0.923. The van der Waals surface area contributed by atoms with E-state index in [9.17, 15) is 21.6 Å². The van der Waals surface area contributed by atoms with Crippen molar-refractivity contribution in [2.45, 2.75) is 10.4 Å². The van der Waals surface area contributed by atoms with E-state index in [0.717, 1.165) is 6.20 Å². The van der Waals surface area contributed by atoms with E-state index in [4.69, 9.17) is 5.73 Å². The Morgan fingerprint density at radius 2 is 2.10 bits per heavy atom. The third-order valence-electron chi connectivity index (χ3n) is 2.02. The Bertz CT molecular complexity index is 636. The maximum Gasteiger partial charge on any atom is 0.441 e. The van der Waals surface area contributed by atoms with Crippen molar-refractivity contribution in [1.82, 2.24) is 9.71 Å². The number of aromatic nitrogens is 1. The summed E-state index contributed by atoms with van der Waals surface area (Å²) in [7, 11) is -3.92. The number of thioether (sulfide) groups is 1. The first kappa shape index (κ1) is 17.8. The van der Waals surface area contributed by atoms with E-state index in [1.54, 1.807) is 0 Å². The van der Waals surface area contributed by atoms with Crippen LogP contribution in [-0.4, -0.2) is 37.8 Å². The molecule has 1 aromatic heterocycles. The van der Waals surface area contributed by atoms with Gasteiger partial charge in [0.2, 0.25) is 10.0 Å². The summed E-state index contributed by atoms with van der Waals surface area (Å²) in [4.78, 5) is 3.56. The highest BCUT2D eigenvalue weighted by Gasteiger charge is 2.27. The van der Waals surface area contributed by atoms with Crippen LogP contribution in [0.4, 0.5) is 13.2 Å². The van der Waals surface area contributed by atoms with Crippen LogP contribution in [-0.2, 0) is 10.0 Å². The molecule has 10 heteroatoms. The summed E-state index contributed by atoms with van der Waals surface area (Å²) in [6, 6.07) is 1.27. The first-order valence-electron chi connectivity index (χ1n) is 5.59. The molecule has 116 valence electrons. The van der Waals surface area contributed by atoms with Gasteiger partial charge in [-0.2, -0.15) is 13.2 Å². The summed E-state index contributed by atoms with van der Waals surface area (Å²) < 4.78 is 61.6. The van der Waals surface area contributed by atoms with Crippen LogP contribution in [0, 0.1) is 11.8 Å². The molecule has 0 atom stereocenters. The van der Waals surface area contributed by atoms with Gasteiger partial charge in [0.15, 0.2) is 0 Å². The number of nitrogens with zero attached hydrogens (tertiary/aromatic N) is 1. The van der Waals surface area contributed by atoms with E-state index in [2.05, 4.69) is 21.5 Å². The van der Waals surface area contributed by atoms with Crippen LogP contribution in [0.25, 0.3) is 0 Å². The van der Waals surface area contributed by atoms with Crippen molar-refractivity contribution in [1.29, 1.82) is 0 Å².